The van der Waals surface area contributed by atoms with Gasteiger partial charge in [0.25, 0.3) is 0 Å². The van der Waals surface area contributed by atoms with E-state index in [1.54, 1.807) is 0 Å². The first-order valence-corrected chi connectivity index (χ1v) is 4.87. The molecule has 1 N–H and O–H groups in total. The van der Waals surface area contributed by atoms with Gasteiger partial charge in [-0.3, -0.25) is 4.79 Å². The Morgan fingerprint density at radius 3 is 2.93 bits per heavy atom. The van der Waals surface area contributed by atoms with Crippen molar-refractivity contribution in [3.8, 4) is 0 Å². The summed E-state index contributed by atoms with van der Waals surface area (Å²) in [4.78, 5) is 11.2. The highest BCUT2D eigenvalue weighted by Gasteiger charge is 2.18. The minimum Gasteiger partial charge on any atom is -0.349 e. The van der Waals surface area contributed by atoms with Gasteiger partial charge in [-0.1, -0.05) is 13.8 Å². The van der Waals surface area contributed by atoms with Gasteiger partial charge in [-0.2, -0.15) is 0 Å². The van der Waals surface area contributed by atoms with Gasteiger partial charge in [0, 0.05) is 18.9 Å². The zero-order valence-corrected chi connectivity index (χ0v) is 8.45. The van der Waals surface area contributed by atoms with Gasteiger partial charge in [-0.25, -0.2) is 0 Å². The van der Waals surface area contributed by atoms with Crippen LogP contribution in [-0.2, 0) is 17.9 Å². The standard InChI is InChI=1S/C9H14N4O/c1-6(2)9-12-11-7-5-10-8(14)3-4-13(7)9/h6H,3-5H2,1-2H3,(H,10,14). The van der Waals surface area contributed by atoms with Crippen molar-refractivity contribution in [1.82, 2.24) is 20.1 Å². The first kappa shape index (κ1) is 9.18. The van der Waals surface area contributed by atoms with Gasteiger partial charge >= 0.3 is 0 Å². The Morgan fingerprint density at radius 2 is 2.21 bits per heavy atom. The Bertz CT molecular complexity index is 356. The van der Waals surface area contributed by atoms with Crippen LogP contribution in [0.5, 0.6) is 0 Å². The molecular weight excluding hydrogens is 180 g/mol. The highest BCUT2D eigenvalue weighted by atomic mass is 16.1. The number of amides is 1. The predicted molar refractivity (Wildman–Crippen MR) is 50.6 cm³/mol. The third-order valence-electron chi connectivity index (χ3n) is 2.38. The smallest absolute Gasteiger partial charge is 0.222 e. The number of nitrogens with one attached hydrogen (secondary N) is 1. The lowest BCUT2D eigenvalue weighted by Gasteiger charge is -2.07. The van der Waals surface area contributed by atoms with E-state index < -0.39 is 0 Å². The van der Waals surface area contributed by atoms with E-state index >= 15 is 0 Å². The molecule has 0 spiro atoms. The second-order valence-corrected chi connectivity index (χ2v) is 3.81. The van der Waals surface area contributed by atoms with Crippen LogP contribution >= 0.6 is 0 Å². The van der Waals surface area contributed by atoms with Crippen LogP contribution in [0.3, 0.4) is 0 Å². The molecule has 1 amide bonds. The van der Waals surface area contributed by atoms with Crippen LogP contribution in [0.4, 0.5) is 0 Å². The summed E-state index contributed by atoms with van der Waals surface area (Å²) in [7, 11) is 0. The van der Waals surface area contributed by atoms with Crippen molar-refractivity contribution in [3.05, 3.63) is 11.6 Å². The molecule has 1 aromatic rings. The number of rotatable bonds is 1. The summed E-state index contributed by atoms with van der Waals surface area (Å²) < 4.78 is 2.04. The van der Waals surface area contributed by atoms with E-state index in [0.29, 0.717) is 25.4 Å². The van der Waals surface area contributed by atoms with E-state index in [1.165, 1.54) is 0 Å². The summed E-state index contributed by atoms with van der Waals surface area (Å²) in [6.45, 7) is 5.36. The molecule has 0 unspecified atom stereocenters. The zero-order valence-electron chi connectivity index (χ0n) is 8.45. The Kier molecular flexibility index (Phi) is 2.23. The van der Waals surface area contributed by atoms with Crippen LogP contribution in [0.2, 0.25) is 0 Å². The molecule has 5 nitrogen and oxygen atoms in total. The average Bonchev–Trinajstić information content (AvgIpc) is 2.46. The van der Waals surface area contributed by atoms with E-state index in [0.717, 1.165) is 11.6 Å². The van der Waals surface area contributed by atoms with E-state index in [2.05, 4.69) is 29.4 Å². The fourth-order valence-electron chi connectivity index (χ4n) is 1.63. The van der Waals surface area contributed by atoms with Crippen LogP contribution in [-0.4, -0.2) is 20.7 Å². The molecule has 5 heteroatoms. The molecule has 0 fully saturated rings. The lowest BCUT2D eigenvalue weighted by molar-refractivity contribution is -0.121. The van der Waals surface area contributed by atoms with Gasteiger partial charge < -0.3 is 9.88 Å². The third kappa shape index (κ3) is 1.49. The quantitative estimate of drug-likeness (QED) is 0.705. The average molecular weight is 194 g/mol. The van der Waals surface area contributed by atoms with Gasteiger partial charge in [-0.05, 0) is 0 Å². The summed E-state index contributed by atoms with van der Waals surface area (Å²) in [5.41, 5.74) is 0. The van der Waals surface area contributed by atoms with E-state index in [9.17, 15) is 4.79 Å². The summed E-state index contributed by atoms with van der Waals surface area (Å²) in [5, 5.41) is 11.0. The Hall–Kier alpha value is -1.39. The first-order valence-electron chi connectivity index (χ1n) is 4.87. The van der Waals surface area contributed by atoms with E-state index in [-0.39, 0.29) is 5.91 Å². The molecule has 0 aromatic carbocycles. The fraction of sp³-hybridized carbons (Fsp3) is 0.667. The van der Waals surface area contributed by atoms with Gasteiger partial charge in [0.05, 0.1) is 6.54 Å². The number of carbonyl (C=O) groups is 1. The molecule has 0 aliphatic carbocycles. The molecule has 2 rings (SSSR count). The molecule has 0 radical (unpaired) electrons. The van der Waals surface area contributed by atoms with E-state index in [1.807, 2.05) is 4.57 Å². The zero-order chi connectivity index (χ0) is 10.1. The molecule has 1 aliphatic rings. The van der Waals surface area contributed by atoms with Crippen molar-refractivity contribution < 1.29 is 4.79 Å². The van der Waals surface area contributed by atoms with Gasteiger partial charge in [-0.15, -0.1) is 10.2 Å². The Labute approximate surface area is 82.5 Å². The predicted octanol–water partition coefficient (Wildman–Crippen LogP) is 0.421. The van der Waals surface area contributed by atoms with Crippen molar-refractivity contribution >= 4 is 5.91 Å². The van der Waals surface area contributed by atoms with Crippen molar-refractivity contribution in [1.29, 1.82) is 0 Å². The molecule has 0 saturated carbocycles. The fourth-order valence-corrected chi connectivity index (χ4v) is 1.63. The molecule has 0 bridgehead atoms. The van der Waals surface area contributed by atoms with Crippen molar-refractivity contribution in [2.24, 2.45) is 0 Å². The van der Waals surface area contributed by atoms with Crippen LogP contribution in [0.1, 0.15) is 37.8 Å². The first-order chi connectivity index (χ1) is 6.68. The van der Waals surface area contributed by atoms with Gasteiger partial charge in [0.1, 0.15) is 5.82 Å². The van der Waals surface area contributed by atoms with Crippen LogP contribution in [0.25, 0.3) is 0 Å². The van der Waals surface area contributed by atoms with Gasteiger partial charge in [0.15, 0.2) is 5.82 Å². The number of nitrogens with zero attached hydrogens (tertiary/aromatic N) is 3. The molecule has 2 heterocycles. The van der Waals surface area contributed by atoms with Crippen LogP contribution in [0.15, 0.2) is 0 Å². The summed E-state index contributed by atoms with van der Waals surface area (Å²) in [5.74, 6) is 2.27. The summed E-state index contributed by atoms with van der Waals surface area (Å²) in [6, 6.07) is 0. The molecule has 1 aliphatic heterocycles. The largest absolute Gasteiger partial charge is 0.349 e. The molecule has 1 aromatic heterocycles. The minimum absolute atomic E-state index is 0.0882. The maximum absolute atomic E-state index is 11.2. The third-order valence-corrected chi connectivity index (χ3v) is 2.38. The molecule has 0 saturated heterocycles. The Morgan fingerprint density at radius 1 is 1.43 bits per heavy atom. The lowest BCUT2D eigenvalue weighted by Crippen LogP contribution is -2.20. The van der Waals surface area contributed by atoms with Crippen molar-refractivity contribution in [2.45, 2.75) is 39.3 Å². The molecule has 76 valence electrons. The van der Waals surface area contributed by atoms with Crippen molar-refractivity contribution in [3.63, 3.8) is 0 Å². The SMILES string of the molecule is CC(C)c1nnc2n1CCC(=O)NC2. The molecule has 14 heavy (non-hydrogen) atoms. The second-order valence-electron chi connectivity index (χ2n) is 3.81. The number of aromatic nitrogens is 3. The summed E-state index contributed by atoms with van der Waals surface area (Å²) >= 11 is 0. The summed E-state index contributed by atoms with van der Waals surface area (Å²) in [6.07, 6.45) is 0.519. The lowest BCUT2D eigenvalue weighted by atomic mass is 10.2. The maximum Gasteiger partial charge on any atom is 0.222 e. The Balaban J connectivity index is 2.33. The second kappa shape index (κ2) is 3.40. The molecular formula is C9H14N4O. The van der Waals surface area contributed by atoms with Crippen LogP contribution < -0.4 is 5.32 Å². The highest BCUT2D eigenvalue weighted by Crippen LogP contribution is 2.15. The normalized spacial score (nSPS) is 16.4. The highest BCUT2D eigenvalue weighted by molar-refractivity contribution is 5.76. The number of hydrogen-bond acceptors (Lipinski definition) is 3. The monoisotopic (exact) mass is 194 g/mol. The van der Waals surface area contributed by atoms with E-state index in [4.69, 9.17) is 0 Å². The number of fused-ring (bicyclic) bond motifs is 1. The number of carbonyl (C=O) groups excluding carboxylic acids is 1. The van der Waals surface area contributed by atoms with Crippen molar-refractivity contribution in [2.75, 3.05) is 0 Å². The topological polar surface area (TPSA) is 59.8 Å². The minimum atomic E-state index is 0.0882. The van der Waals surface area contributed by atoms with Gasteiger partial charge in [0.2, 0.25) is 5.91 Å². The number of hydrogen-bond donors (Lipinski definition) is 1. The van der Waals surface area contributed by atoms with Crippen LogP contribution in [0, 0.1) is 0 Å². The molecule has 0 atom stereocenters. The maximum atomic E-state index is 11.2.